The second kappa shape index (κ2) is 8.63. The number of hydrogen-bond donors (Lipinski definition) is 1. The van der Waals surface area contributed by atoms with E-state index in [2.05, 4.69) is 52.5 Å². The normalized spacial score (nSPS) is 20.0. The summed E-state index contributed by atoms with van der Waals surface area (Å²) in [4.78, 5) is 11.1. The Labute approximate surface area is 149 Å². The third kappa shape index (κ3) is 5.04. The summed E-state index contributed by atoms with van der Waals surface area (Å²) in [7, 11) is 1.38. The van der Waals surface area contributed by atoms with E-state index in [1.165, 1.54) is 43.6 Å². The van der Waals surface area contributed by atoms with Gasteiger partial charge in [-0.25, -0.2) is 4.79 Å². The highest BCUT2D eigenvalue weighted by Gasteiger charge is 2.24. The van der Waals surface area contributed by atoms with Gasteiger partial charge in [0.25, 0.3) is 0 Å². The number of aryl methyl sites for hydroxylation is 1. The van der Waals surface area contributed by atoms with Crippen LogP contribution in [0.2, 0.25) is 0 Å². The van der Waals surface area contributed by atoms with Crippen molar-refractivity contribution < 1.29 is 9.53 Å². The zero-order valence-corrected chi connectivity index (χ0v) is 14.7. The third-order valence-corrected chi connectivity index (χ3v) is 4.82. The molecule has 0 radical (unpaired) electrons. The number of ether oxygens (including phenoxy) is 1. The molecule has 3 nitrogen and oxygen atoms in total. The molecule has 0 spiro atoms. The molecule has 1 heterocycles. The highest BCUT2D eigenvalue weighted by atomic mass is 16.5. The van der Waals surface area contributed by atoms with E-state index in [1.807, 2.05) is 12.1 Å². The van der Waals surface area contributed by atoms with Gasteiger partial charge in [0, 0.05) is 18.2 Å². The first-order valence-corrected chi connectivity index (χ1v) is 8.90. The summed E-state index contributed by atoms with van der Waals surface area (Å²) in [6, 6.07) is 20.1. The number of hydrogen-bond acceptors (Lipinski definition) is 3. The average Bonchev–Trinajstić information content (AvgIpc) is 3.14. The van der Waals surface area contributed by atoms with E-state index in [9.17, 15) is 4.79 Å². The number of carbonyl (C=O) groups is 1. The van der Waals surface area contributed by atoms with Crippen LogP contribution in [0.15, 0.2) is 60.7 Å². The molecule has 2 unspecified atom stereocenters. The van der Waals surface area contributed by atoms with E-state index >= 15 is 0 Å². The number of carbonyl (C=O) groups excluding carboxylic acids is 1. The van der Waals surface area contributed by atoms with Gasteiger partial charge >= 0.3 is 5.97 Å². The highest BCUT2D eigenvalue weighted by Crippen LogP contribution is 2.28. The Kier molecular flexibility index (Phi) is 6.02. The summed E-state index contributed by atoms with van der Waals surface area (Å²) in [5, 5.41) is 3.76. The first-order valence-electron chi connectivity index (χ1n) is 8.90. The van der Waals surface area contributed by atoms with Crippen LogP contribution in [0.25, 0.3) is 6.08 Å². The Morgan fingerprint density at radius 2 is 1.88 bits per heavy atom. The summed E-state index contributed by atoms with van der Waals surface area (Å²) in [5.74, 6) is -0.331. The first kappa shape index (κ1) is 17.4. The molecule has 0 saturated carbocycles. The molecule has 0 aliphatic carbocycles. The fourth-order valence-electron chi connectivity index (χ4n) is 3.37. The van der Waals surface area contributed by atoms with Crippen LogP contribution >= 0.6 is 0 Å². The molecule has 3 rings (SSSR count). The van der Waals surface area contributed by atoms with Crippen molar-refractivity contribution >= 4 is 12.0 Å². The van der Waals surface area contributed by atoms with Crippen LogP contribution in [-0.4, -0.2) is 19.1 Å². The Balaban J connectivity index is 1.51. The van der Waals surface area contributed by atoms with Crippen molar-refractivity contribution in [1.29, 1.82) is 0 Å². The second-order valence-electron chi connectivity index (χ2n) is 6.54. The van der Waals surface area contributed by atoms with Gasteiger partial charge in [0.05, 0.1) is 7.11 Å². The van der Waals surface area contributed by atoms with Crippen molar-refractivity contribution in [2.75, 3.05) is 7.11 Å². The number of methoxy groups -OCH3 is 1. The lowest BCUT2D eigenvalue weighted by molar-refractivity contribution is -0.134. The topological polar surface area (TPSA) is 38.3 Å². The van der Waals surface area contributed by atoms with Gasteiger partial charge in [-0.2, -0.15) is 0 Å². The molecule has 0 bridgehead atoms. The van der Waals surface area contributed by atoms with Crippen molar-refractivity contribution in [1.82, 2.24) is 5.32 Å². The minimum absolute atomic E-state index is 0.331. The molecule has 2 atom stereocenters. The molecular weight excluding hydrogens is 310 g/mol. The second-order valence-corrected chi connectivity index (χ2v) is 6.54. The number of esters is 1. The lowest BCUT2D eigenvalue weighted by atomic mass is 10.0. The van der Waals surface area contributed by atoms with Crippen LogP contribution in [0.5, 0.6) is 0 Å². The molecule has 25 heavy (non-hydrogen) atoms. The van der Waals surface area contributed by atoms with Crippen molar-refractivity contribution in [3.05, 3.63) is 77.4 Å². The first-order chi connectivity index (χ1) is 12.2. The van der Waals surface area contributed by atoms with Crippen LogP contribution in [0.3, 0.4) is 0 Å². The van der Waals surface area contributed by atoms with Gasteiger partial charge < -0.3 is 10.1 Å². The van der Waals surface area contributed by atoms with E-state index in [0.29, 0.717) is 12.1 Å². The Morgan fingerprint density at radius 3 is 2.60 bits per heavy atom. The van der Waals surface area contributed by atoms with Crippen LogP contribution < -0.4 is 5.32 Å². The van der Waals surface area contributed by atoms with Gasteiger partial charge in [-0.1, -0.05) is 54.6 Å². The van der Waals surface area contributed by atoms with E-state index < -0.39 is 0 Å². The van der Waals surface area contributed by atoms with Gasteiger partial charge in [-0.05, 0) is 48.4 Å². The molecule has 2 aromatic rings. The minimum atomic E-state index is -0.331. The van der Waals surface area contributed by atoms with Crippen molar-refractivity contribution in [3.63, 3.8) is 0 Å². The van der Waals surface area contributed by atoms with Gasteiger partial charge in [0.1, 0.15) is 0 Å². The Morgan fingerprint density at radius 1 is 1.12 bits per heavy atom. The SMILES string of the molecule is COC(=O)/C=C/c1ccc(C2CCC(CCc3ccccc3)N2)cc1. The predicted molar refractivity (Wildman–Crippen MR) is 101 cm³/mol. The average molecular weight is 335 g/mol. The summed E-state index contributed by atoms with van der Waals surface area (Å²) in [5.41, 5.74) is 3.74. The summed E-state index contributed by atoms with van der Waals surface area (Å²) in [6.45, 7) is 0. The number of benzene rings is 2. The molecular formula is C22H25NO2. The van der Waals surface area contributed by atoms with Crippen molar-refractivity contribution in [3.8, 4) is 0 Å². The standard InChI is InChI=1S/C22H25NO2/c1-25-22(24)16-10-18-7-11-19(12-8-18)21-15-14-20(23-21)13-9-17-5-3-2-4-6-17/h2-8,10-12,16,20-21,23H,9,13-15H2,1H3/b16-10+. The van der Waals surface area contributed by atoms with E-state index in [-0.39, 0.29) is 5.97 Å². The summed E-state index contributed by atoms with van der Waals surface area (Å²) in [6.07, 6.45) is 7.93. The monoisotopic (exact) mass is 335 g/mol. The van der Waals surface area contributed by atoms with Crippen molar-refractivity contribution in [2.24, 2.45) is 0 Å². The Hall–Kier alpha value is -2.39. The molecule has 1 aliphatic heterocycles. The molecule has 1 fully saturated rings. The third-order valence-electron chi connectivity index (χ3n) is 4.82. The lowest BCUT2D eigenvalue weighted by Crippen LogP contribution is -2.24. The van der Waals surface area contributed by atoms with E-state index in [1.54, 1.807) is 6.08 Å². The van der Waals surface area contributed by atoms with Crippen LogP contribution in [0, 0.1) is 0 Å². The summed E-state index contributed by atoms with van der Waals surface area (Å²) >= 11 is 0. The highest BCUT2D eigenvalue weighted by molar-refractivity contribution is 5.86. The zero-order valence-electron chi connectivity index (χ0n) is 14.7. The maximum Gasteiger partial charge on any atom is 0.330 e. The van der Waals surface area contributed by atoms with Crippen LogP contribution in [-0.2, 0) is 16.0 Å². The lowest BCUT2D eigenvalue weighted by Gasteiger charge is -2.15. The van der Waals surface area contributed by atoms with Gasteiger partial charge in [0.15, 0.2) is 0 Å². The quantitative estimate of drug-likeness (QED) is 0.632. The number of nitrogens with one attached hydrogen (secondary N) is 1. The largest absolute Gasteiger partial charge is 0.466 e. The maximum absolute atomic E-state index is 11.1. The smallest absolute Gasteiger partial charge is 0.330 e. The fraction of sp³-hybridized carbons (Fsp3) is 0.318. The molecule has 0 aromatic heterocycles. The predicted octanol–water partition coefficient (Wildman–Crippen LogP) is 4.30. The summed E-state index contributed by atoms with van der Waals surface area (Å²) < 4.78 is 4.61. The van der Waals surface area contributed by atoms with Gasteiger partial charge in [-0.15, -0.1) is 0 Å². The van der Waals surface area contributed by atoms with Crippen molar-refractivity contribution in [2.45, 2.75) is 37.8 Å². The Bertz CT molecular complexity index is 707. The molecule has 130 valence electrons. The zero-order chi connectivity index (χ0) is 17.5. The molecule has 1 aliphatic rings. The fourth-order valence-corrected chi connectivity index (χ4v) is 3.37. The molecule has 1 N–H and O–H groups in total. The maximum atomic E-state index is 11.1. The van der Waals surface area contributed by atoms with Crippen LogP contribution in [0.1, 0.15) is 42.0 Å². The molecule has 2 aromatic carbocycles. The molecule has 0 amide bonds. The van der Waals surface area contributed by atoms with Gasteiger partial charge in [-0.3, -0.25) is 0 Å². The number of rotatable bonds is 6. The minimum Gasteiger partial charge on any atom is -0.466 e. The van der Waals surface area contributed by atoms with E-state index in [0.717, 1.165) is 12.0 Å². The van der Waals surface area contributed by atoms with Gasteiger partial charge in [0.2, 0.25) is 0 Å². The van der Waals surface area contributed by atoms with Crippen LogP contribution in [0.4, 0.5) is 0 Å². The molecule has 1 saturated heterocycles. The molecule has 3 heteroatoms. The van der Waals surface area contributed by atoms with E-state index in [4.69, 9.17) is 0 Å².